The lowest BCUT2D eigenvalue weighted by atomic mass is 9.75. The van der Waals surface area contributed by atoms with Crippen molar-refractivity contribution in [1.82, 2.24) is 5.32 Å². The molecule has 0 aliphatic heterocycles. The molecule has 1 saturated carbocycles. The molecule has 3 rings (SSSR count). The minimum atomic E-state index is -0.239. The molecule has 3 nitrogen and oxygen atoms in total. The summed E-state index contributed by atoms with van der Waals surface area (Å²) in [6.07, 6.45) is 5.26. The van der Waals surface area contributed by atoms with Crippen molar-refractivity contribution >= 4 is 6.09 Å². The Labute approximate surface area is 139 Å². The van der Waals surface area contributed by atoms with Gasteiger partial charge in [0.1, 0.15) is 6.10 Å². The second kappa shape index (κ2) is 6.94. The fourth-order valence-electron chi connectivity index (χ4n) is 4.27. The quantitative estimate of drug-likeness (QED) is 0.865. The Morgan fingerprint density at radius 2 is 2.00 bits per heavy atom. The van der Waals surface area contributed by atoms with Crippen molar-refractivity contribution in [2.45, 2.75) is 65.0 Å². The van der Waals surface area contributed by atoms with Crippen molar-refractivity contribution in [3.63, 3.8) is 0 Å². The van der Waals surface area contributed by atoms with Crippen LogP contribution >= 0.6 is 0 Å². The molecule has 126 valence electrons. The fraction of sp³-hybridized carbons (Fsp3) is 0.650. The van der Waals surface area contributed by atoms with Crippen LogP contribution in [0.15, 0.2) is 24.3 Å². The second-order valence-corrected chi connectivity index (χ2v) is 7.70. The van der Waals surface area contributed by atoms with Gasteiger partial charge in [-0.2, -0.15) is 0 Å². The molecular weight excluding hydrogens is 286 g/mol. The molecule has 0 unspecified atom stereocenters. The highest BCUT2D eigenvalue weighted by molar-refractivity contribution is 5.68. The molecule has 0 aromatic heterocycles. The third-order valence-electron chi connectivity index (χ3n) is 5.64. The van der Waals surface area contributed by atoms with E-state index in [9.17, 15) is 4.79 Å². The summed E-state index contributed by atoms with van der Waals surface area (Å²) in [4.78, 5) is 12.4. The van der Waals surface area contributed by atoms with Crippen LogP contribution in [0.2, 0.25) is 0 Å². The number of benzene rings is 1. The highest BCUT2D eigenvalue weighted by atomic mass is 16.6. The molecule has 4 atom stereocenters. The monoisotopic (exact) mass is 315 g/mol. The highest BCUT2D eigenvalue weighted by Crippen LogP contribution is 2.36. The molecule has 1 N–H and O–H groups in total. The SMILES string of the molecule is CC(C)[C@H]1CC[C@H](C)C[C@@H]1OC(=O)N[C@H]1CCc2ccccc21. The van der Waals surface area contributed by atoms with Gasteiger partial charge >= 0.3 is 6.09 Å². The van der Waals surface area contributed by atoms with Crippen LogP contribution in [-0.4, -0.2) is 12.2 Å². The van der Waals surface area contributed by atoms with E-state index in [1.54, 1.807) is 0 Å². The van der Waals surface area contributed by atoms with Crippen molar-refractivity contribution in [3.05, 3.63) is 35.4 Å². The van der Waals surface area contributed by atoms with Crippen LogP contribution in [0, 0.1) is 17.8 Å². The Morgan fingerprint density at radius 1 is 1.22 bits per heavy atom. The minimum absolute atomic E-state index is 0.0652. The summed E-state index contributed by atoms with van der Waals surface area (Å²) in [5, 5.41) is 3.10. The average Bonchev–Trinajstić information content (AvgIpc) is 2.90. The maximum atomic E-state index is 12.4. The fourth-order valence-corrected chi connectivity index (χ4v) is 4.27. The second-order valence-electron chi connectivity index (χ2n) is 7.70. The Kier molecular flexibility index (Phi) is 4.93. The first-order chi connectivity index (χ1) is 11.0. The van der Waals surface area contributed by atoms with Crippen molar-refractivity contribution in [3.8, 4) is 0 Å². The number of hydrogen-bond acceptors (Lipinski definition) is 2. The summed E-state index contributed by atoms with van der Waals surface area (Å²) in [5.41, 5.74) is 2.60. The van der Waals surface area contributed by atoms with Crippen LogP contribution in [0.1, 0.15) is 63.6 Å². The smallest absolute Gasteiger partial charge is 0.407 e. The molecule has 0 heterocycles. The van der Waals surface area contributed by atoms with Crippen LogP contribution in [0.25, 0.3) is 0 Å². The molecule has 0 saturated heterocycles. The zero-order valence-corrected chi connectivity index (χ0v) is 14.5. The summed E-state index contributed by atoms with van der Waals surface area (Å²) in [5.74, 6) is 1.70. The van der Waals surface area contributed by atoms with Crippen molar-refractivity contribution in [2.24, 2.45) is 17.8 Å². The molecule has 2 aliphatic carbocycles. The van der Waals surface area contributed by atoms with Gasteiger partial charge in [-0.15, -0.1) is 0 Å². The van der Waals surface area contributed by atoms with E-state index in [1.165, 1.54) is 24.0 Å². The predicted octanol–water partition coefficient (Wildman–Crippen LogP) is 4.86. The van der Waals surface area contributed by atoms with Gasteiger partial charge in [0.25, 0.3) is 0 Å². The zero-order chi connectivity index (χ0) is 16.4. The van der Waals surface area contributed by atoms with E-state index in [0.717, 1.165) is 19.3 Å². The maximum absolute atomic E-state index is 12.4. The third-order valence-corrected chi connectivity index (χ3v) is 5.64. The number of ether oxygens (including phenoxy) is 1. The highest BCUT2D eigenvalue weighted by Gasteiger charge is 2.34. The lowest BCUT2D eigenvalue weighted by molar-refractivity contribution is 0.00494. The van der Waals surface area contributed by atoms with Crippen LogP contribution in [0.4, 0.5) is 4.79 Å². The van der Waals surface area contributed by atoms with Gasteiger partial charge in [0, 0.05) is 0 Å². The number of hydrogen-bond donors (Lipinski definition) is 1. The Morgan fingerprint density at radius 3 is 2.78 bits per heavy atom. The Balaban J connectivity index is 1.60. The molecule has 0 bridgehead atoms. The number of nitrogens with one attached hydrogen (secondary N) is 1. The van der Waals surface area contributed by atoms with Gasteiger partial charge in [-0.1, -0.05) is 51.5 Å². The minimum Gasteiger partial charge on any atom is -0.446 e. The first-order valence-corrected chi connectivity index (χ1v) is 9.09. The number of rotatable bonds is 3. The molecule has 1 aromatic carbocycles. The third kappa shape index (κ3) is 3.70. The average molecular weight is 315 g/mol. The lowest BCUT2D eigenvalue weighted by Gasteiger charge is -2.36. The molecule has 0 radical (unpaired) electrons. The van der Waals surface area contributed by atoms with Gasteiger partial charge in [-0.3, -0.25) is 0 Å². The van der Waals surface area contributed by atoms with Crippen LogP contribution in [-0.2, 0) is 11.2 Å². The molecule has 1 amide bonds. The van der Waals surface area contributed by atoms with E-state index in [-0.39, 0.29) is 18.2 Å². The molecule has 23 heavy (non-hydrogen) atoms. The van der Waals surface area contributed by atoms with Crippen molar-refractivity contribution in [1.29, 1.82) is 0 Å². The summed E-state index contributed by atoms with van der Waals surface area (Å²) >= 11 is 0. The number of fused-ring (bicyclic) bond motifs is 1. The van der Waals surface area contributed by atoms with E-state index in [0.29, 0.717) is 17.8 Å². The standard InChI is InChI=1S/C20H29NO2/c1-13(2)16-10-8-14(3)12-19(16)23-20(22)21-18-11-9-15-6-4-5-7-17(15)18/h4-7,13-14,16,18-19H,8-12H2,1-3H3,(H,21,22)/t14-,16+,18-,19-/m0/s1. The Hall–Kier alpha value is -1.51. The molecular formula is C20H29NO2. The van der Waals surface area contributed by atoms with E-state index >= 15 is 0 Å². The Bertz CT molecular complexity index is 554. The first-order valence-electron chi connectivity index (χ1n) is 9.09. The van der Waals surface area contributed by atoms with E-state index in [4.69, 9.17) is 4.74 Å². The molecule has 1 fully saturated rings. The predicted molar refractivity (Wildman–Crippen MR) is 92.3 cm³/mol. The molecule has 1 aromatic rings. The number of aryl methyl sites for hydroxylation is 1. The van der Waals surface area contributed by atoms with E-state index < -0.39 is 0 Å². The molecule has 2 aliphatic rings. The number of carbonyl (C=O) groups is 1. The summed E-state index contributed by atoms with van der Waals surface area (Å²) in [6, 6.07) is 8.49. The van der Waals surface area contributed by atoms with Gasteiger partial charge < -0.3 is 10.1 Å². The summed E-state index contributed by atoms with van der Waals surface area (Å²) in [7, 11) is 0. The largest absolute Gasteiger partial charge is 0.446 e. The molecule has 3 heteroatoms. The number of amides is 1. The van der Waals surface area contributed by atoms with Crippen LogP contribution < -0.4 is 5.32 Å². The van der Waals surface area contributed by atoms with E-state index in [1.807, 2.05) is 6.07 Å². The number of carbonyl (C=O) groups excluding carboxylic acids is 1. The molecule has 0 spiro atoms. The van der Waals surface area contributed by atoms with Gasteiger partial charge in [-0.05, 0) is 54.6 Å². The van der Waals surface area contributed by atoms with Gasteiger partial charge in [0.15, 0.2) is 0 Å². The van der Waals surface area contributed by atoms with E-state index in [2.05, 4.69) is 44.3 Å². The van der Waals surface area contributed by atoms with Crippen LogP contribution in [0.3, 0.4) is 0 Å². The number of alkyl carbamates (subject to hydrolysis) is 1. The van der Waals surface area contributed by atoms with Gasteiger partial charge in [-0.25, -0.2) is 4.79 Å². The summed E-state index contributed by atoms with van der Waals surface area (Å²) < 4.78 is 5.86. The maximum Gasteiger partial charge on any atom is 0.407 e. The lowest BCUT2D eigenvalue weighted by Crippen LogP contribution is -2.39. The van der Waals surface area contributed by atoms with Gasteiger partial charge in [0.05, 0.1) is 6.04 Å². The normalized spacial score (nSPS) is 30.1. The van der Waals surface area contributed by atoms with Crippen molar-refractivity contribution in [2.75, 3.05) is 0 Å². The summed E-state index contributed by atoms with van der Waals surface area (Å²) in [6.45, 7) is 6.74. The topological polar surface area (TPSA) is 38.3 Å². The first kappa shape index (κ1) is 16.4. The van der Waals surface area contributed by atoms with Crippen LogP contribution in [0.5, 0.6) is 0 Å². The van der Waals surface area contributed by atoms with Crippen molar-refractivity contribution < 1.29 is 9.53 Å². The zero-order valence-electron chi connectivity index (χ0n) is 14.5. The van der Waals surface area contributed by atoms with Gasteiger partial charge in [0.2, 0.25) is 0 Å².